The Morgan fingerprint density at radius 2 is 1.63 bits per heavy atom. The Kier molecular flexibility index (Phi) is 9.20. The van der Waals surface area contributed by atoms with Crippen LogP contribution in [-0.4, -0.2) is 76.4 Å². The van der Waals surface area contributed by atoms with Gasteiger partial charge in [-0.15, -0.1) is 0 Å². The first-order chi connectivity index (χ1) is 16.6. The van der Waals surface area contributed by atoms with E-state index in [-0.39, 0.29) is 5.69 Å². The van der Waals surface area contributed by atoms with Crippen molar-refractivity contribution in [2.75, 3.05) is 32.7 Å². The van der Waals surface area contributed by atoms with Crippen LogP contribution in [0.25, 0.3) is 0 Å². The van der Waals surface area contributed by atoms with E-state index < -0.39 is 28.8 Å². The van der Waals surface area contributed by atoms with E-state index >= 15 is 0 Å². The number of benzene rings is 2. The van der Waals surface area contributed by atoms with Gasteiger partial charge in [0, 0.05) is 51.4 Å². The first-order valence-electron chi connectivity index (χ1n) is 12.0. The molecule has 1 amide bonds. The van der Waals surface area contributed by atoms with Crippen molar-refractivity contribution in [2.45, 2.75) is 51.5 Å². The quantitative estimate of drug-likeness (QED) is 0.416. The first-order valence-corrected chi connectivity index (χ1v) is 12.0. The van der Waals surface area contributed by atoms with Gasteiger partial charge >= 0.3 is 6.09 Å². The first kappa shape index (κ1) is 26.6. The lowest BCUT2D eigenvalue weighted by atomic mass is 10.0. The summed E-state index contributed by atoms with van der Waals surface area (Å²) in [7, 11) is 0. The SMILES string of the molecule is CC(C)(C)OC(=O)N[C@@H](Cc1ccccc1)[C@H](O)CN1CCN(Cc2ccc([N+](=O)[O-])cc2)CC1. The average Bonchev–Trinajstić information content (AvgIpc) is 2.80. The highest BCUT2D eigenvalue weighted by Gasteiger charge is 2.28. The number of aliphatic hydroxyl groups is 1. The zero-order chi connectivity index (χ0) is 25.4. The number of non-ortho nitro benzene ring substituents is 1. The van der Waals surface area contributed by atoms with Crippen LogP contribution >= 0.6 is 0 Å². The summed E-state index contributed by atoms with van der Waals surface area (Å²) in [6.07, 6.45) is -0.796. The maximum atomic E-state index is 12.4. The van der Waals surface area contributed by atoms with Crippen LogP contribution < -0.4 is 5.32 Å². The van der Waals surface area contributed by atoms with E-state index in [0.717, 1.165) is 43.9 Å². The van der Waals surface area contributed by atoms with Crippen molar-refractivity contribution in [3.63, 3.8) is 0 Å². The van der Waals surface area contributed by atoms with Gasteiger partial charge in [-0.1, -0.05) is 42.5 Å². The minimum atomic E-state index is -0.760. The molecule has 1 heterocycles. The van der Waals surface area contributed by atoms with E-state index in [2.05, 4.69) is 15.1 Å². The van der Waals surface area contributed by atoms with Crippen LogP contribution in [0.1, 0.15) is 31.9 Å². The normalized spacial score (nSPS) is 16.9. The van der Waals surface area contributed by atoms with Crippen molar-refractivity contribution < 1.29 is 19.6 Å². The monoisotopic (exact) mass is 484 g/mol. The number of piperazine rings is 1. The number of nitrogens with zero attached hydrogens (tertiary/aromatic N) is 3. The van der Waals surface area contributed by atoms with Crippen molar-refractivity contribution in [1.29, 1.82) is 0 Å². The molecule has 9 nitrogen and oxygen atoms in total. The highest BCUT2D eigenvalue weighted by molar-refractivity contribution is 5.68. The fourth-order valence-electron chi connectivity index (χ4n) is 4.11. The number of hydrogen-bond donors (Lipinski definition) is 2. The molecule has 2 aromatic rings. The lowest BCUT2D eigenvalue weighted by molar-refractivity contribution is -0.384. The topological polar surface area (TPSA) is 108 Å². The van der Waals surface area contributed by atoms with Crippen molar-refractivity contribution in [1.82, 2.24) is 15.1 Å². The third-order valence-corrected chi connectivity index (χ3v) is 5.93. The fourth-order valence-corrected chi connectivity index (χ4v) is 4.11. The molecule has 0 bridgehead atoms. The molecule has 2 aromatic carbocycles. The number of rotatable bonds is 9. The summed E-state index contributed by atoms with van der Waals surface area (Å²) in [6, 6.07) is 16.0. The molecule has 0 radical (unpaired) electrons. The summed E-state index contributed by atoms with van der Waals surface area (Å²) in [4.78, 5) is 27.4. The molecule has 190 valence electrons. The molecular formula is C26H36N4O5. The van der Waals surface area contributed by atoms with Crippen molar-refractivity contribution >= 4 is 11.8 Å². The number of aliphatic hydroxyl groups excluding tert-OH is 1. The van der Waals surface area contributed by atoms with Gasteiger partial charge in [0.25, 0.3) is 5.69 Å². The molecule has 2 atom stereocenters. The van der Waals surface area contributed by atoms with E-state index in [1.807, 2.05) is 51.1 Å². The number of hydrogen-bond acceptors (Lipinski definition) is 7. The summed E-state index contributed by atoms with van der Waals surface area (Å²) in [6.45, 7) is 9.83. The van der Waals surface area contributed by atoms with Gasteiger partial charge < -0.3 is 15.2 Å². The van der Waals surface area contributed by atoms with E-state index in [1.54, 1.807) is 12.1 Å². The highest BCUT2D eigenvalue weighted by atomic mass is 16.6. The number of ether oxygens (including phenoxy) is 1. The third kappa shape index (κ3) is 8.93. The number of β-amino-alcohol motifs (C(OH)–C–C–N with tert-alkyl or cyclic N) is 1. The zero-order valence-electron chi connectivity index (χ0n) is 20.7. The number of carbonyl (C=O) groups excluding carboxylic acids is 1. The Bertz CT molecular complexity index is 954. The minimum absolute atomic E-state index is 0.0950. The van der Waals surface area contributed by atoms with Crippen molar-refractivity contribution in [2.24, 2.45) is 0 Å². The lowest BCUT2D eigenvalue weighted by Gasteiger charge is -2.37. The van der Waals surface area contributed by atoms with Crippen LogP contribution in [0.2, 0.25) is 0 Å². The molecule has 0 unspecified atom stereocenters. The van der Waals surface area contributed by atoms with Gasteiger partial charge in [-0.3, -0.25) is 19.9 Å². The number of alkyl carbamates (subject to hydrolysis) is 1. The maximum absolute atomic E-state index is 12.4. The second-order valence-corrected chi connectivity index (χ2v) is 10.0. The predicted molar refractivity (Wildman–Crippen MR) is 134 cm³/mol. The summed E-state index contributed by atoms with van der Waals surface area (Å²) < 4.78 is 5.42. The number of nitro groups is 1. The largest absolute Gasteiger partial charge is 0.444 e. The molecule has 35 heavy (non-hydrogen) atoms. The van der Waals surface area contributed by atoms with Gasteiger partial charge in [-0.25, -0.2) is 4.79 Å². The molecule has 0 saturated carbocycles. The molecular weight excluding hydrogens is 448 g/mol. The van der Waals surface area contributed by atoms with Crippen molar-refractivity contribution in [3.8, 4) is 0 Å². The maximum Gasteiger partial charge on any atom is 0.407 e. The second kappa shape index (κ2) is 12.1. The summed E-state index contributed by atoms with van der Waals surface area (Å²) in [5, 5.41) is 24.8. The van der Waals surface area contributed by atoms with Gasteiger partial charge in [0.2, 0.25) is 0 Å². The van der Waals surface area contributed by atoms with Crippen LogP contribution in [0.3, 0.4) is 0 Å². The predicted octanol–water partition coefficient (Wildman–Crippen LogP) is 3.21. The van der Waals surface area contributed by atoms with Gasteiger partial charge in [-0.05, 0) is 38.3 Å². The number of nitrogens with one attached hydrogen (secondary N) is 1. The van der Waals surface area contributed by atoms with E-state index in [9.17, 15) is 20.0 Å². The van der Waals surface area contributed by atoms with Gasteiger partial charge in [0.15, 0.2) is 0 Å². The molecule has 1 aliphatic rings. The minimum Gasteiger partial charge on any atom is -0.444 e. The number of carbonyl (C=O) groups is 1. The van der Waals surface area contributed by atoms with E-state index in [0.29, 0.717) is 13.0 Å². The Morgan fingerprint density at radius 3 is 2.20 bits per heavy atom. The third-order valence-electron chi connectivity index (χ3n) is 5.93. The number of nitro benzene ring substituents is 1. The molecule has 1 fully saturated rings. The van der Waals surface area contributed by atoms with Gasteiger partial charge in [0.05, 0.1) is 17.1 Å². The zero-order valence-corrected chi connectivity index (χ0v) is 20.7. The van der Waals surface area contributed by atoms with Crippen LogP contribution in [-0.2, 0) is 17.7 Å². The summed E-state index contributed by atoms with van der Waals surface area (Å²) >= 11 is 0. The standard InChI is InChI=1S/C26H36N4O5/c1-26(2,3)35-25(32)27-23(17-20-7-5-4-6-8-20)24(31)19-29-15-13-28(14-16-29)18-21-9-11-22(12-10-21)30(33)34/h4-12,23-24,31H,13-19H2,1-3H3,(H,27,32)/t23-,24+/m0/s1. The van der Waals surface area contributed by atoms with Crippen molar-refractivity contribution in [3.05, 3.63) is 75.8 Å². The van der Waals surface area contributed by atoms with E-state index in [1.165, 1.54) is 12.1 Å². The Balaban J connectivity index is 1.53. The Morgan fingerprint density at radius 1 is 1.03 bits per heavy atom. The fraction of sp³-hybridized carbons (Fsp3) is 0.500. The molecule has 0 spiro atoms. The van der Waals surface area contributed by atoms with E-state index in [4.69, 9.17) is 4.74 Å². The molecule has 2 N–H and O–H groups in total. The highest BCUT2D eigenvalue weighted by Crippen LogP contribution is 2.16. The smallest absolute Gasteiger partial charge is 0.407 e. The van der Waals surface area contributed by atoms with Crippen LogP contribution in [0.5, 0.6) is 0 Å². The molecule has 0 aromatic heterocycles. The summed E-state index contributed by atoms with van der Waals surface area (Å²) in [5.74, 6) is 0. The van der Waals surface area contributed by atoms with Gasteiger partial charge in [0.1, 0.15) is 5.60 Å². The molecule has 0 aliphatic carbocycles. The molecule has 3 rings (SSSR count). The average molecular weight is 485 g/mol. The number of amides is 1. The van der Waals surface area contributed by atoms with Crippen LogP contribution in [0, 0.1) is 10.1 Å². The molecule has 1 aliphatic heterocycles. The second-order valence-electron chi connectivity index (χ2n) is 10.0. The van der Waals surface area contributed by atoms with Crippen LogP contribution in [0.4, 0.5) is 10.5 Å². The van der Waals surface area contributed by atoms with Crippen LogP contribution in [0.15, 0.2) is 54.6 Å². The summed E-state index contributed by atoms with van der Waals surface area (Å²) in [5.41, 5.74) is 1.54. The Labute approximate surface area is 206 Å². The molecule has 1 saturated heterocycles. The lowest BCUT2D eigenvalue weighted by Crippen LogP contribution is -2.53. The Hall–Kier alpha value is -3.01. The van der Waals surface area contributed by atoms with Gasteiger partial charge in [-0.2, -0.15) is 0 Å². The molecule has 9 heteroatoms.